The van der Waals surface area contributed by atoms with Crippen molar-refractivity contribution < 1.29 is 0 Å². The maximum Gasteiger partial charge on any atom is 0.0840 e. The molecule has 1 unspecified atom stereocenters. The Morgan fingerprint density at radius 3 is 3.10 bits per heavy atom. The third kappa shape index (κ3) is 2.11. The maximum absolute atomic E-state index is 7.29. The van der Waals surface area contributed by atoms with E-state index >= 15 is 0 Å². The van der Waals surface area contributed by atoms with E-state index in [4.69, 9.17) is 5.41 Å². The Morgan fingerprint density at radius 1 is 1.50 bits per heavy atom. The molecule has 0 radical (unpaired) electrons. The molecule has 4 nitrogen and oxygen atoms in total. The third-order valence-electron chi connectivity index (χ3n) is 4.30. The SMILES string of the molecule is CN/C(=C\C=N)c1cccc2c1CCC1(CNC=N1)C2. The number of rotatable bonds is 3. The lowest BCUT2D eigenvalue weighted by Crippen LogP contribution is -2.38. The molecule has 0 saturated heterocycles. The number of nitrogens with one attached hydrogen (secondary N) is 3. The average molecular weight is 268 g/mol. The quantitative estimate of drug-likeness (QED) is 0.732. The Hall–Kier alpha value is -2.10. The zero-order valence-electron chi connectivity index (χ0n) is 11.7. The predicted octanol–water partition coefficient (Wildman–Crippen LogP) is 1.76. The Balaban J connectivity index is 2.00. The number of fused-ring (bicyclic) bond motifs is 1. The molecule has 3 N–H and O–H groups in total. The standard InChI is InChI=1S/C16H20N4/c1-18-15(6-8-17)14-4-2-3-12-9-16(7-5-13(12)14)10-19-11-20-16/h2-4,6,8,11,17-18H,5,7,9-10H2,1H3,(H,19,20)/b15-6-,17-8?. The molecule has 1 aliphatic carbocycles. The fourth-order valence-electron chi connectivity index (χ4n) is 3.26. The van der Waals surface area contributed by atoms with Crippen molar-refractivity contribution in [2.75, 3.05) is 13.6 Å². The Bertz CT molecular complexity index is 588. The maximum atomic E-state index is 7.29. The van der Waals surface area contributed by atoms with Crippen LogP contribution in [0.1, 0.15) is 23.1 Å². The van der Waals surface area contributed by atoms with Gasteiger partial charge in [-0.15, -0.1) is 0 Å². The van der Waals surface area contributed by atoms with Gasteiger partial charge in [-0.05, 0) is 36.5 Å². The van der Waals surface area contributed by atoms with Crippen LogP contribution in [0.5, 0.6) is 0 Å². The Labute approximate surface area is 119 Å². The van der Waals surface area contributed by atoms with Gasteiger partial charge in [-0.1, -0.05) is 18.2 Å². The van der Waals surface area contributed by atoms with E-state index in [0.29, 0.717) is 0 Å². The summed E-state index contributed by atoms with van der Waals surface area (Å²) in [6.45, 7) is 0.950. The first-order valence-electron chi connectivity index (χ1n) is 7.05. The van der Waals surface area contributed by atoms with Crippen LogP contribution in [0.2, 0.25) is 0 Å². The first kappa shape index (κ1) is 12.9. The summed E-state index contributed by atoms with van der Waals surface area (Å²) >= 11 is 0. The van der Waals surface area contributed by atoms with Crippen molar-refractivity contribution >= 4 is 18.3 Å². The molecule has 1 atom stereocenters. The molecule has 104 valence electrons. The number of aliphatic imine (C=N–C) groups is 1. The summed E-state index contributed by atoms with van der Waals surface area (Å²) in [7, 11) is 1.91. The summed E-state index contributed by atoms with van der Waals surface area (Å²) < 4.78 is 0. The largest absolute Gasteiger partial charge is 0.388 e. The smallest absolute Gasteiger partial charge is 0.0840 e. The minimum Gasteiger partial charge on any atom is -0.388 e. The van der Waals surface area contributed by atoms with Gasteiger partial charge in [0.1, 0.15) is 0 Å². The van der Waals surface area contributed by atoms with Crippen LogP contribution in [-0.2, 0) is 12.8 Å². The second-order valence-electron chi connectivity index (χ2n) is 5.48. The molecule has 3 rings (SSSR count). The molecule has 20 heavy (non-hydrogen) atoms. The minimum atomic E-state index is 0.0662. The highest BCUT2D eigenvalue weighted by atomic mass is 15.1. The van der Waals surface area contributed by atoms with Crippen molar-refractivity contribution in [1.29, 1.82) is 5.41 Å². The van der Waals surface area contributed by atoms with Gasteiger partial charge in [0.15, 0.2) is 0 Å². The van der Waals surface area contributed by atoms with Gasteiger partial charge in [0, 0.05) is 31.1 Å². The van der Waals surface area contributed by atoms with Crippen molar-refractivity contribution in [2.24, 2.45) is 4.99 Å². The molecule has 1 spiro atoms. The zero-order chi connectivity index (χ0) is 14.0. The van der Waals surface area contributed by atoms with Crippen LogP contribution >= 0.6 is 0 Å². The highest BCUT2D eigenvalue weighted by molar-refractivity contribution is 5.83. The van der Waals surface area contributed by atoms with Crippen LogP contribution < -0.4 is 10.6 Å². The Kier molecular flexibility index (Phi) is 3.30. The van der Waals surface area contributed by atoms with Gasteiger partial charge in [0.25, 0.3) is 0 Å². The molecule has 1 aromatic rings. The van der Waals surface area contributed by atoms with E-state index < -0.39 is 0 Å². The van der Waals surface area contributed by atoms with Crippen LogP contribution in [0.3, 0.4) is 0 Å². The minimum absolute atomic E-state index is 0.0662. The highest BCUT2D eigenvalue weighted by Crippen LogP contribution is 2.35. The van der Waals surface area contributed by atoms with Gasteiger partial charge in [0.2, 0.25) is 0 Å². The molecule has 0 saturated carbocycles. The van der Waals surface area contributed by atoms with Gasteiger partial charge in [-0.3, -0.25) is 4.99 Å². The second kappa shape index (κ2) is 5.12. The van der Waals surface area contributed by atoms with E-state index in [-0.39, 0.29) is 5.54 Å². The van der Waals surface area contributed by atoms with E-state index in [1.807, 2.05) is 19.5 Å². The number of hydrogen-bond acceptors (Lipinski definition) is 4. The number of nitrogens with zero attached hydrogens (tertiary/aromatic N) is 1. The van der Waals surface area contributed by atoms with Crippen LogP contribution in [-0.4, -0.2) is 31.7 Å². The molecular formula is C16H20N4. The lowest BCUT2D eigenvalue weighted by Gasteiger charge is -2.33. The van der Waals surface area contributed by atoms with Crippen LogP contribution in [0.25, 0.3) is 5.70 Å². The molecule has 1 heterocycles. The summed E-state index contributed by atoms with van der Waals surface area (Å²) in [5.74, 6) is 0. The first-order valence-corrected chi connectivity index (χ1v) is 7.05. The zero-order valence-corrected chi connectivity index (χ0v) is 11.7. The summed E-state index contributed by atoms with van der Waals surface area (Å²) in [4.78, 5) is 4.65. The number of allylic oxidation sites excluding steroid dienone is 1. The van der Waals surface area contributed by atoms with E-state index in [2.05, 4.69) is 33.8 Å². The van der Waals surface area contributed by atoms with Gasteiger partial charge < -0.3 is 16.0 Å². The lowest BCUT2D eigenvalue weighted by atomic mass is 9.77. The topological polar surface area (TPSA) is 60.3 Å². The molecular weight excluding hydrogens is 248 g/mol. The summed E-state index contributed by atoms with van der Waals surface area (Å²) in [5.41, 5.74) is 5.10. The van der Waals surface area contributed by atoms with Crippen LogP contribution in [0.4, 0.5) is 0 Å². The molecule has 1 aromatic carbocycles. The van der Waals surface area contributed by atoms with Gasteiger partial charge in [0.05, 0.1) is 11.9 Å². The Morgan fingerprint density at radius 2 is 2.40 bits per heavy atom. The van der Waals surface area contributed by atoms with E-state index in [1.54, 1.807) is 0 Å². The fraction of sp³-hybridized carbons (Fsp3) is 0.375. The van der Waals surface area contributed by atoms with E-state index in [1.165, 1.54) is 22.9 Å². The highest BCUT2D eigenvalue weighted by Gasteiger charge is 2.36. The van der Waals surface area contributed by atoms with Crippen LogP contribution in [0.15, 0.2) is 29.3 Å². The van der Waals surface area contributed by atoms with Gasteiger partial charge in [-0.25, -0.2) is 0 Å². The van der Waals surface area contributed by atoms with Crippen molar-refractivity contribution in [3.8, 4) is 0 Å². The third-order valence-corrected chi connectivity index (χ3v) is 4.30. The molecule has 0 aromatic heterocycles. The number of hydrogen-bond donors (Lipinski definition) is 3. The van der Waals surface area contributed by atoms with Gasteiger partial charge in [-0.2, -0.15) is 0 Å². The molecule has 2 aliphatic rings. The van der Waals surface area contributed by atoms with Crippen molar-refractivity contribution in [3.63, 3.8) is 0 Å². The van der Waals surface area contributed by atoms with E-state index in [9.17, 15) is 0 Å². The normalized spacial score (nSPS) is 24.4. The summed E-state index contributed by atoms with van der Waals surface area (Å²) in [5, 5.41) is 13.7. The molecule has 0 amide bonds. The lowest BCUT2D eigenvalue weighted by molar-refractivity contribution is 0.394. The number of benzene rings is 1. The van der Waals surface area contributed by atoms with Gasteiger partial charge >= 0.3 is 0 Å². The predicted molar refractivity (Wildman–Crippen MR) is 83.5 cm³/mol. The molecule has 0 bridgehead atoms. The van der Waals surface area contributed by atoms with Crippen molar-refractivity contribution in [3.05, 3.63) is 41.0 Å². The van der Waals surface area contributed by atoms with Crippen molar-refractivity contribution in [2.45, 2.75) is 24.8 Å². The molecule has 0 fully saturated rings. The second-order valence-corrected chi connectivity index (χ2v) is 5.48. The first-order chi connectivity index (χ1) is 9.78. The average Bonchev–Trinajstić information content (AvgIpc) is 2.92. The molecule has 4 heteroatoms. The van der Waals surface area contributed by atoms with Crippen LogP contribution in [0, 0.1) is 5.41 Å². The monoisotopic (exact) mass is 268 g/mol. The van der Waals surface area contributed by atoms with Crippen molar-refractivity contribution in [1.82, 2.24) is 10.6 Å². The summed E-state index contributed by atoms with van der Waals surface area (Å²) in [6.07, 6.45) is 8.13. The fourth-order valence-corrected chi connectivity index (χ4v) is 3.26. The molecule has 1 aliphatic heterocycles. The van der Waals surface area contributed by atoms with E-state index in [0.717, 1.165) is 31.5 Å². The summed E-state index contributed by atoms with van der Waals surface area (Å²) in [6, 6.07) is 6.46.